The monoisotopic (exact) mass is 227 g/mol. The molecule has 0 aromatic rings. The molecule has 3 atom stereocenters. The van der Waals surface area contributed by atoms with Gasteiger partial charge in [-0.1, -0.05) is 6.92 Å². The average Bonchev–Trinajstić information content (AvgIpc) is 2.99. The first-order valence-corrected chi connectivity index (χ1v) is 6.10. The molecule has 3 unspecified atom stereocenters. The van der Waals surface area contributed by atoms with Gasteiger partial charge in [0.25, 0.3) is 0 Å². The van der Waals surface area contributed by atoms with Gasteiger partial charge >= 0.3 is 0 Å². The van der Waals surface area contributed by atoms with E-state index >= 15 is 0 Å². The van der Waals surface area contributed by atoms with Gasteiger partial charge in [0.1, 0.15) is 6.10 Å². The van der Waals surface area contributed by atoms with Gasteiger partial charge in [-0.05, 0) is 32.1 Å². The van der Waals surface area contributed by atoms with Crippen LogP contribution < -0.4 is 5.32 Å². The minimum absolute atomic E-state index is 0.0473. The van der Waals surface area contributed by atoms with E-state index in [1.807, 2.05) is 0 Å². The number of aliphatic hydroxyl groups excluding tert-OH is 1. The van der Waals surface area contributed by atoms with Crippen molar-refractivity contribution in [2.24, 2.45) is 11.3 Å². The molecule has 1 saturated heterocycles. The Kier molecular flexibility index (Phi) is 3.22. The van der Waals surface area contributed by atoms with Gasteiger partial charge in [-0.3, -0.25) is 4.79 Å². The van der Waals surface area contributed by atoms with Gasteiger partial charge in [0.15, 0.2) is 0 Å². The third-order valence-electron chi connectivity index (χ3n) is 3.75. The molecule has 1 saturated carbocycles. The SMILES string of the molecule is CC(O)C(=O)NCC1(C)CCOC1C1CC1. The van der Waals surface area contributed by atoms with E-state index in [9.17, 15) is 4.79 Å². The normalized spacial score (nSPS) is 36.1. The Morgan fingerprint density at radius 3 is 2.88 bits per heavy atom. The molecule has 1 aliphatic carbocycles. The van der Waals surface area contributed by atoms with Crippen molar-refractivity contribution in [2.75, 3.05) is 13.2 Å². The van der Waals surface area contributed by atoms with Crippen LogP contribution in [0.15, 0.2) is 0 Å². The van der Waals surface area contributed by atoms with Crippen LogP contribution in [-0.4, -0.2) is 36.4 Å². The predicted octanol–water partition coefficient (Wildman–Crippen LogP) is 0.689. The second kappa shape index (κ2) is 4.34. The fraction of sp³-hybridized carbons (Fsp3) is 0.917. The highest BCUT2D eigenvalue weighted by Crippen LogP contribution is 2.47. The molecular formula is C12H21NO3. The van der Waals surface area contributed by atoms with Gasteiger partial charge in [-0.15, -0.1) is 0 Å². The van der Waals surface area contributed by atoms with Crippen LogP contribution in [0.4, 0.5) is 0 Å². The summed E-state index contributed by atoms with van der Waals surface area (Å²) in [6.07, 6.45) is 2.87. The number of rotatable bonds is 4. The number of hydrogen-bond donors (Lipinski definition) is 2. The van der Waals surface area contributed by atoms with E-state index in [0.717, 1.165) is 13.0 Å². The predicted molar refractivity (Wildman–Crippen MR) is 59.9 cm³/mol. The zero-order chi connectivity index (χ0) is 11.8. The summed E-state index contributed by atoms with van der Waals surface area (Å²) in [6, 6.07) is 0. The Hall–Kier alpha value is -0.610. The number of carbonyl (C=O) groups is 1. The summed E-state index contributed by atoms with van der Waals surface area (Å²) in [5, 5.41) is 11.9. The summed E-state index contributed by atoms with van der Waals surface area (Å²) in [5.41, 5.74) is 0.0473. The Bertz CT molecular complexity index is 275. The van der Waals surface area contributed by atoms with E-state index in [1.165, 1.54) is 19.8 Å². The number of carbonyl (C=O) groups excluding carboxylic acids is 1. The molecule has 2 fully saturated rings. The van der Waals surface area contributed by atoms with E-state index in [0.29, 0.717) is 18.6 Å². The number of nitrogens with one attached hydrogen (secondary N) is 1. The van der Waals surface area contributed by atoms with E-state index in [-0.39, 0.29) is 11.3 Å². The van der Waals surface area contributed by atoms with Crippen molar-refractivity contribution >= 4 is 5.91 Å². The van der Waals surface area contributed by atoms with Crippen molar-refractivity contribution in [3.63, 3.8) is 0 Å². The summed E-state index contributed by atoms with van der Waals surface area (Å²) in [5.74, 6) is 0.402. The number of aliphatic hydroxyl groups is 1. The summed E-state index contributed by atoms with van der Waals surface area (Å²) < 4.78 is 5.77. The van der Waals surface area contributed by atoms with Crippen LogP contribution in [0.5, 0.6) is 0 Å². The molecule has 0 spiro atoms. The molecule has 4 nitrogen and oxygen atoms in total. The maximum atomic E-state index is 11.3. The smallest absolute Gasteiger partial charge is 0.248 e. The molecule has 92 valence electrons. The Labute approximate surface area is 96.4 Å². The van der Waals surface area contributed by atoms with Crippen molar-refractivity contribution < 1.29 is 14.6 Å². The lowest BCUT2D eigenvalue weighted by Gasteiger charge is -2.30. The van der Waals surface area contributed by atoms with Crippen LogP contribution in [0.3, 0.4) is 0 Å². The first-order chi connectivity index (χ1) is 7.53. The molecule has 0 radical (unpaired) electrons. The van der Waals surface area contributed by atoms with Crippen molar-refractivity contribution in [3.8, 4) is 0 Å². The van der Waals surface area contributed by atoms with Crippen LogP contribution >= 0.6 is 0 Å². The summed E-state index contributed by atoms with van der Waals surface area (Å²) in [4.78, 5) is 11.3. The van der Waals surface area contributed by atoms with Gasteiger partial charge in [-0.2, -0.15) is 0 Å². The van der Waals surface area contributed by atoms with Crippen molar-refractivity contribution in [1.29, 1.82) is 0 Å². The molecule has 0 aromatic heterocycles. The van der Waals surface area contributed by atoms with Gasteiger partial charge < -0.3 is 15.2 Å². The molecule has 1 aliphatic heterocycles. The molecule has 16 heavy (non-hydrogen) atoms. The van der Waals surface area contributed by atoms with Gasteiger partial charge in [-0.25, -0.2) is 0 Å². The van der Waals surface area contributed by atoms with Gasteiger partial charge in [0.05, 0.1) is 6.10 Å². The molecule has 0 bridgehead atoms. The number of ether oxygens (including phenoxy) is 1. The van der Waals surface area contributed by atoms with Crippen LogP contribution in [-0.2, 0) is 9.53 Å². The fourth-order valence-corrected chi connectivity index (χ4v) is 2.49. The zero-order valence-electron chi connectivity index (χ0n) is 10.0. The van der Waals surface area contributed by atoms with E-state index in [1.54, 1.807) is 0 Å². The lowest BCUT2D eigenvalue weighted by molar-refractivity contribution is -0.129. The maximum absolute atomic E-state index is 11.3. The minimum atomic E-state index is -0.926. The number of hydrogen-bond acceptors (Lipinski definition) is 3. The Balaban J connectivity index is 1.88. The summed E-state index contributed by atoms with van der Waals surface area (Å²) in [6.45, 7) is 5.06. The fourth-order valence-electron chi connectivity index (χ4n) is 2.49. The van der Waals surface area contributed by atoms with Gasteiger partial charge in [0, 0.05) is 18.6 Å². The highest BCUT2D eigenvalue weighted by molar-refractivity contribution is 5.79. The number of amides is 1. The zero-order valence-corrected chi connectivity index (χ0v) is 10.0. The highest BCUT2D eigenvalue weighted by Gasteiger charge is 2.48. The van der Waals surface area contributed by atoms with Crippen LogP contribution in [0.1, 0.15) is 33.1 Å². The van der Waals surface area contributed by atoms with E-state index in [4.69, 9.17) is 9.84 Å². The summed E-state index contributed by atoms with van der Waals surface area (Å²) >= 11 is 0. The molecular weight excluding hydrogens is 206 g/mol. The minimum Gasteiger partial charge on any atom is -0.384 e. The Morgan fingerprint density at radius 2 is 2.31 bits per heavy atom. The molecule has 2 N–H and O–H groups in total. The second-order valence-electron chi connectivity index (χ2n) is 5.43. The average molecular weight is 227 g/mol. The Morgan fingerprint density at radius 1 is 1.62 bits per heavy atom. The third-order valence-corrected chi connectivity index (χ3v) is 3.75. The molecule has 4 heteroatoms. The lowest BCUT2D eigenvalue weighted by Crippen LogP contribution is -2.44. The lowest BCUT2D eigenvalue weighted by atomic mass is 9.81. The maximum Gasteiger partial charge on any atom is 0.248 e. The van der Waals surface area contributed by atoms with Crippen molar-refractivity contribution in [3.05, 3.63) is 0 Å². The van der Waals surface area contributed by atoms with E-state index in [2.05, 4.69) is 12.2 Å². The third kappa shape index (κ3) is 2.38. The quantitative estimate of drug-likeness (QED) is 0.743. The van der Waals surface area contributed by atoms with E-state index < -0.39 is 6.10 Å². The first-order valence-electron chi connectivity index (χ1n) is 6.10. The molecule has 1 heterocycles. The van der Waals surface area contributed by atoms with Gasteiger partial charge in [0.2, 0.25) is 5.91 Å². The first kappa shape index (κ1) is 11.9. The largest absolute Gasteiger partial charge is 0.384 e. The molecule has 1 amide bonds. The van der Waals surface area contributed by atoms with Crippen LogP contribution in [0.2, 0.25) is 0 Å². The van der Waals surface area contributed by atoms with Crippen molar-refractivity contribution in [1.82, 2.24) is 5.32 Å². The standard InChI is InChI=1S/C12H21NO3/c1-8(14)11(15)13-7-12(2)5-6-16-10(12)9-3-4-9/h8-10,14H,3-7H2,1-2H3,(H,13,15). The molecule has 0 aromatic carbocycles. The molecule has 2 aliphatic rings. The highest BCUT2D eigenvalue weighted by atomic mass is 16.5. The molecule has 2 rings (SSSR count). The van der Waals surface area contributed by atoms with Crippen LogP contribution in [0, 0.1) is 11.3 Å². The van der Waals surface area contributed by atoms with Crippen molar-refractivity contribution in [2.45, 2.75) is 45.3 Å². The second-order valence-corrected chi connectivity index (χ2v) is 5.43. The topological polar surface area (TPSA) is 58.6 Å². The summed E-state index contributed by atoms with van der Waals surface area (Å²) in [7, 11) is 0. The van der Waals surface area contributed by atoms with Crippen LogP contribution in [0.25, 0.3) is 0 Å².